The lowest BCUT2D eigenvalue weighted by molar-refractivity contribution is -0.127. The van der Waals surface area contributed by atoms with Crippen molar-refractivity contribution in [3.63, 3.8) is 0 Å². The van der Waals surface area contributed by atoms with E-state index in [1.54, 1.807) is 33.7 Å². The molecule has 6 N–H and O–H groups in total. The van der Waals surface area contributed by atoms with E-state index < -0.39 is 0 Å². The number of amides is 2. The monoisotopic (exact) mass is 418 g/mol. The summed E-state index contributed by atoms with van der Waals surface area (Å²) in [6.45, 7) is 2.58. The van der Waals surface area contributed by atoms with Crippen LogP contribution in [0.15, 0.2) is 48.8 Å². The molecule has 0 spiro atoms. The van der Waals surface area contributed by atoms with Crippen LogP contribution in [0.25, 0.3) is 5.65 Å². The van der Waals surface area contributed by atoms with Crippen LogP contribution in [-0.4, -0.2) is 51.0 Å². The number of fused-ring (bicyclic) bond motifs is 1. The zero-order valence-electron chi connectivity index (χ0n) is 16.8. The molecule has 0 atom stereocenters. The van der Waals surface area contributed by atoms with Crippen molar-refractivity contribution in [3.05, 3.63) is 65.6 Å². The Kier molecular flexibility index (Phi) is 5.12. The Morgan fingerprint density at radius 3 is 2.71 bits per heavy atom. The summed E-state index contributed by atoms with van der Waals surface area (Å²) in [5.74, 6) is -1.06. The lowest BCUT2D eigenvalue weighted by Crippen LogP contribution is -2.58. The number of anilines is 1. The summed E-state index contributed by atoms with van der Waals surface area (Å²) in [4.78, 5) is 30.9. The molecule has 1 fully saturated rings. The molecule has 10 nitrogen and oxygen atoms in total. The first-order valence-electron chi connectivity index (χ1n) is 9.66. The number of imidazole rings is 1. The lowest BCUT2D eigenvalue weighted by atomic mass is 9.99. The molecule has 0 saturated carbocycles. The van der Waals surface area contributed by atoms with E-state index in [1.165, 1.54) is 6.20 Å². The summed E-state index contributed by atoms with van der Waals surface area (Å²) < 4.78 is 1.69. The number of hydrogen-bond acceptors (Lipinski definition) is 5. The molecule has 158 valence electrons. The molecule has 1 aromatic carbocycles. The number of aromatic nitrogens is 2. The van der Waals surface area contributed by atoms with Crippen molar-refractivity contribution in [2.75, 3.05) is 18.4 Å². The second kappa shape index (κ2) is 7.90. The van der Waals surface area contributed by atoms with E-state index in [4.69, 9.17) is 16.6 Å². The lowest BCUT2D eigenvalue weighted by Gasteiger charge is -2.38. The van der Waals surface area contributed by atoms with E-state index in [1.807, 2.05) is 25.1 Å². The third-order valence-corrected chi connectivity index (χ3v) is 5.27. The largest absolute Gasteiger partial charge is 0.370 e. The summed E-state index contributed by atoms with van der Waals surface area (Å²) in [6.07, 6.45) is 3.27. The van der Waals surface area contributed by atoms with Crippen LogP contribution >= 0.6 is 0 Å². The van der Waals surface area contributed by atoms with Gasteiger partial charge in [0.05, 0.1) is 12.1 Å². The van der Waals surface area contributed by atoms with Gasteiger partial charge in [-0.05, 0) is 30.7 Å². The van der Waals surface area contributed by atoms with E-state index in [0.29, 0.717) is 35.7 Å². The molecular weight excluding hydrogens is 396 g/mol. The first kappa shape index (κ1) is 20.1. The van der Waals surface area contributed by atoms with Crippen LogP contribution in [0.4, 0.5) is 5.69 Å². The van der Waals surface area contributed by atoms with E-state index in [2.05, 4.69) is 15.6 Å². The zero-order chi connectivity index (χ0) is 22.1. The van der Waals surface area contributed by atoms with Crippen molar-refractivity contribution in [1.82, 2.24) is 19.6 Å². The molecule has 0 unspecified atom stereocenters. The SMILES string of the molecule is Cc1ccc(C(=N)NC(=O)C2CN(C(=N)N)C2)cc1NC(=O)c1cnc2ccccn12. The van der Waals surface area contributed by atoms with Crippen molar-refractivity contribution in [2.45, 2.75) is 6.92 Å². The molecule has 2 amide bonds. The van der Waals surface area contributed by atoms with Gasteiger partial charge in [0.2, 0.25) is 5.91 Å². The Balaban J connectivity index is 1.45. The van der Waals surface area contributed by atoms with Crippen molar-refractivity contribution in [2.24, 2.45) is 11.7 Å². The van der Waals surface area contributed by atoms with E-state index in [9.17, 15) is 9.59 Å². The maximum atomic E-state index is 12.8. The molecule has 4 rings (SSSR count). The first-order valence-corrected chi connectivity index (χ1v) is 9.66. The molecule has 31 heavy (non-hydrogen) atoms. The first-order chi connectivity index (χ1) is 14.8. The van der Waals surface area contributed by atoms with Crippen molar-refractivity contribution in [1.29, 1.82) is 10.8 Å². The highest BCUT2D eigenvalue weighted by Crippen LogP contribution is 2.19. The van der Waals surface area contributed by atoms with Gasteiger partial charge < -0.3 is 21.3 Å². The number of rotatable bonds is 4. The fourth-order valence-corrected chi connectivity index (χ4v) is 3.34. The average Bonchev–Trinajstić information content (AvgIpc) is 3.12. The highest BCUT2D eigenvalue weighted by atomic mass is 16.2. The van der Waals surface area contributed by atoms with Gasteiger partial charge in [0.1, 0.15) is 17.2 Å². The van der Waals surface area contributed by atoms with Crippen molar-refractivity contribution < 1.29 is 9.59 Å². The Hall–Kier alpha value is -4.21. The zero-order valence-corrected chi connectivity index (χ0v) is 16.8. The second-order valence-corrected chi connectivity index (χ2v) is 7.41. The fraction of sp³-hybridized carbons (Fsp3) is 0.190. The third-order valence-electron chi connectivity index (χ3n) is 5.27. The Bertz CT molecular complexity index is 1210. The van der Waals surface area contributed by atoms with E-state index in [-0.39, 0.29) is 29.5 Å². The highest BCUT2D eigenvalue weighted by Gasteiger charge is 2.33. The normalized spacial score (nSPS) is 13.5. The average molecular weight is 418 g/mol. The molecule has 3 heterocycles. The molecular formula is C21H22N8O2. The molecule has 3 aromatic rings. The number of likely N-dealkylation sites (tertiary alicyclic amines) is 1. The van der Waals surface area contributed by atoms with Gasteiger partial charge in [0.15, 0.2) is 5.96 Å². The van der Waals surface area contributed by atoms with Gasteiger partial charge in [0.25, 0.3) is 5.91 Å². The summed E-state index contributed by atoms with van der Waals surface area (Å²) in [7, 11) is 0. The molecule has 2 aromatic heterocycles. The van der Waals surface area contributed by atoms with Gasteiger partial charge >= 0.3 is 0 Å². The summed E-state index contributed by atoms with van der Waals surface area (Å²) in [5, 5.41) is 21.0. The van der Waals surface area contributed by atoms with Crippen LogP contribution in [0.2, 0.25) is 0 Å². The van der Waals surface area contributed by atoms with Crippen LogP contribution in [0.5, 0.6) is 0 Å². The van der Waals surface area contributed by atoms with Crippen LogP contribution in [-0.2, 0) is 4.79 Å². The van der Waals surface area contributed by atoms with Gasteiger partial charge in [-0.2, -0.15) is 0 Å². The minimum Gasteiger partial charge on any atom is -0.370 e. The molecule has 0 radical (unpaired) electrons. The Labute approximate surface area is 178 Å². The molecule has 0 aliphatic carbocycles. The van der Waals surface area contributed by atoms with Gasteiger partial charge in [0, 0.05) is 30.5 Å². The van der Waals surface area contributed by atoms with E-state index >= 15 is 0 Å². The minimum atomic E-state index is -0.326. The number of benzene rings is 1. The predicted octanol–water partition coefficient (Wildman–Crippen LogP) is 1.16. The number of aryl methyl sites for hydroxylation is 1. The van der Waals surface area contributed by atoms with Crippen LogP contribution in [0.3, 0.4) is 0 Å². The standard InChI is InChI=1S/C21H22N8O2/c1-12-5-6-13(18(22)27-19(30)14-10-28(11-14)21(23)24)8-15(12)26-20(31)16-9-25-17-4-2-3-7-29(16)17/h2-9,14H,10-11H2,1H3,(H3,23,24)(H,26,31)(H2,22,27,30). The van der Waals surface area contributed by atoms with Gasteiger partial charge in [-0.15, -0.1) is 0 Å². The number of pyridine rings is 1. The number of guanidine groups is 1. The molecule has 10 heteroatoms. The van der Waals surface area contributed by atoms with Crippen molar-refractivity contribution in [3.8, 4) is 0 Å². The van der Waals surface area contributed by atoms with Crippen LogP contribution in [0.1, 0.15) is 21.6 Å². The minimum absolute atomic E-state index is 0.0587. The fourth-order valence-electron chi connectivity index (χ4n) is 3.34. The molecule has 0 bridgehead atoms. The number of nitrogens with one attached hydrogen (secondary N) is 4. The van der Waals surface area contributed by atoms with Crippen molar-refractivity contribution >= 4 is 34.9 Å². The maximum absolute atomic E-state index is 12.8. The Morgan fingerprint density at radius 1 is 1.19 bits per heavy atom. The molecule has 1 saturated heterocycles. The van der Waals surface area contributed by atoms with Crippen LogP contribution in [0, 0.1) is 23.7 Å². The highest BCUT2D eigenvalue weighted by molar-refractivity contribution is 6.09. The molecule has 1 aliphatic rings. The number of carbonyl (C=O) groups excluding carboxylic acids is 2. The number of carbonyl (C=O) groups is 2. The summed E-state index contributed by atoms with van der Waals surface area (Å²) in [6, 6.07) is 10.6. The maximum Gasteiger partial charge on any atom is 0.274 e. The number of nitrogens with zero attached hydrogens (tertiary/aromatic N) is 3. The van der Waals surface area contributed by atoms with Gasteiger partial charge in [-0.1, -0.05) is 18.2 Å². The number of nitrogens with two attached hydrogens (primary N) is 1. The summed E-state index contributed by atoms with van der Waals surface area (Å²) in [5.41, 5.74) is 8.27. The number of amidine groups is 1. The van der Waals surface area contributed by atoms with Gasteiger partial charge in [-0.3, -0.25) is 24.8 Å². The summed E-state index contributed by atoms with van der Waals surface area (Å²) >= 11 is 0. The topological polar surface area (TPSA) is 152 Å². The predicted molar refractivity (Wildman–Crippen MR) is 116 cm³/mol. The van der Waals surface area contributed by atoms with E-state index in [0.717, 1.165) is 5.56 Å². The smallest absolute Gasteiger partial charge is 0.274 e. The third kappa shape index (κ3) is 3.95. The second-order valence-electron chi connectivity index (χ2n) is 7.41. The van der Waals surface area contributed by atoms with Gasteiger partial charge in [-0.25, -0.2) is 4.98 Å². The number of hydrogen-bond donors (Lipinski definition) is 5. The quantitative estimate of drug-likeness (QED) is 0.318. The molecule has 1 aliphatic heterocycles. The Morgan fingerprint density at radius 2 is 1.97 bits per heavy atom. The van der Waals surface area contributed by atoms with Crippen LogP contribution < -0.4 is 16.4 Å².